The van der Waals surface area contributed by atoms with Gasteiger partial charge in [-0.25, -0.2) is 4.79 Å². The zero-order valence-electron chi connectivity index (χ0n) is 9.67. The van der Waals surface area contributed by atoms with E-state index in [4.69, 9.17) is 5.73 Å². The third-order valence-electron chi connectivity index (χ3n) is 2.75. The summed E-state index contributed by atoms with van der Waals surface area (Å²) in [7, 11) is 0.124. The maximum absolute atomic E-state index is 11.6. The van der Waals surface area contributed by atoms with Gasteiger partial charge in [0.05, 0.1) is 12.5 Å². The van der Waals surface area contributed by atoms with Gasteiger partial charge >= 0.3 is 5.97 Å². The molecule has 1 fully saturated rings. The lowest BCUT2D eigenvalue weighted by atomic mass is 10.0. The van der Waals surface area contributed by atoms with Crippen LogP contribution in [0.5, 0.6) is 0 Å². The normalized spacial score (nSPS) is 28.2. The second-order valence-electron chi connectivity index (χ2n) is 4.32. The van der Waals surface area contributed by atoms with Gasteiger partial charge in [0, 0.05) is 11.3 Å². The lowest BCUT2D eigenvalue weighted by Gasteiger charge is -2.47. The monoisotopic (exact) mass is 275 g/mol. The SMILES string of the molecule is C[S+](C)CC1=C(C(=O)O)N2C(=O)C(N)C2SC1. The Morgan fingerprint density at radius 1 is 1.65 bits per heavy atom. The largest absolute Gasteiger partial charge is 0.477 e. The van der Waals surface area contributed by atoms with E-state index in [9.17, 15) is 14.7 Å². The Morgan fingerprint density at radius 2 is 2.29 bits per heavy atom. The average molecular weight is 275 g/mol. The summed E-state index contributed by atoms with van der Waals surface area (Å²) in [6, 6.07) is -0.544. The second kappa shape index (κ2) is 4.55. The van der Waals surface area contributed by atoms with Crippen LogP contribution in [0.4, 0.5) is 0 Å². The molecule has 2 heterocycles. The Bertz CT molecular complexity index is 408. The molecule has 5 nitrogen and oxygen atoms in total. The van der Waals surface area contributed by atoms with Crippen molar-refractivity contribution in [2.24, 2.45) is 5.73 Å². The first-order valence-corrected chi connectivity index (χ1v) is 8.39. The van der Waals surface area contributed by atoms with E-state index >= 15 is 0 Å². The van der Waals surface area contributed by atoms with Gasteiger partial charge in [-0.1, -0.05) is 0 Å². The molecule has 0 aromatic heterocycles. The number of aliphatic carboxylic acids is 1. The molecule has 0 bridgehead atoms. The Balaban J connectivity index is 2.33. The highest BCUT2D eigenvalue weighted by Gasteiger charge is 2.52. The summed E-state index contributed by atoms with van der Waals surface area (Å²) < 4.78 is 0. The summed E-state index contributed by atoms with van der Waals surface area (Å²) in [5.74, 6) is 0.107. The van der Waals surface area contributed by atoms with Gasteiger partial charge in [0.1, 0.15) is 22.9 Å². The lowest BCUT2D eigenvalue weighted by Crippen LogP contribution is -2.68. The van der Waals surface area contributed by atoms with Crippen molar-refractivity contribution in [3.63, 3.8) is 0 Å². The van der Waals surface area contributed by atoms with Crippen molar-refractivity contribution in [3.8, 4) is 0 Å². The van der Waals surface area contributed by atoms with Crippen molar-refractivity contribution in [1.82, 2.24) is 4.90 Å². The quantitative estimate of drug-likeness (QED) is 0.533. The van der Waals surface area contributed by atoms with E-state index in [-0.39, 0.29) is 27.9 Å². The van der Waals surface area contributed by atoms with Gasteiger partial charge in [-0.05, 0) is 10.9 Å². The summed E-state index contributed by atoms with van der Waals surface area (Å²) in [6.45, 7) is 0. The molecule has 0 radical (unpaired) electrons. The van der Waals surface area contributed by atoms with Crippen LogP contribution in [0, 0.1) is 0 Å². The van der Waals surface area contributed by atoms with Crippen LogP contribution >= 0.6 is 11.8 Å². The van der Waals surface area contributed by atoms with Crippen LogP contribution in [0.15, 0.2) is 11.3 Å². The van der Waals surface area contributed by atoms with Gasteiger partial charge in [0.2, 0.25) is 5.91 Å². The second-order valence-corrected chi connectivity index (χ2v) is 7.69. The third-order valence-corrected chi connectivity index (χ3v) is 5.04. The standard InChI is InChI=1S/C10H14N2O3S2/c1-17(2)4-5-3-16-9-6(11)8(13)12(9)7(5)10(14)15/h6,9H,3-4,11H2,1-2H3/p+1. The number of hydrogen-bond acceptors (Lipinski definition) is 4. The fourth-order valence-corrected chi connectivity index (χ4v) is 4.40. The number of carbonyl (C=O) groups is 2. The van der Waals surface area contributed by atoms with Gasteiger partial charge in [-0.3, -0.25) is 9.69 Å². The van der Waals surface area contributed by atoms with E-state index < -0.39 is 12.0 Å². The molecule has 0 aromatic carbocycles. The first-order chi connectivity index (χ1) is 7.93. The number of thioether (sulfide) groups is 1. The van der Waals surface area contributed by atoms with E-state index in [0.717, 1.165) is 11.3 Å². The minimum absolute atomic E-state index is 0.124. The minimum Gasteiger partial charge on any atom is -0.477 e. The van der Waals surface area contributed by atoms with Gasteiger partial charge in [0.15, 0.2) is 0 Å². The van der Waals surface area contributed by atoms with Crippen molar-refractivity contribution < 1.29 is 14.7 Å². The molecule has 2 rings (SSSR count). The molecular weight excluding hydrogens is 260 g/mol. The summed E-state index contributed by atoms with van der Waals surface area (Å²) in [5.41, 5.74) is 6.68. The van der Waals surface area contributed by atoms with Crippen LogP contribution in [0.2, 0.25) is 0 Å². The molecule has 94 valence electrons. The average Bonchev–Trinajstić information content (AvgIpc) is 2.26. The number of nitrogens with zero attached hydrogens (tertiary/aromatic N) is 1. The summed E-state index contributed by atoms with van der Waals surface area (Å²) in [4.78, 5) is 24.3. The Morgan fingerprint density at radius 3 is 2.82 bits per heavy atom. The maximum atomic E-state index is 11.6. The fourth-order valence-electron chi connectivity index (χ4n) is 2.04. The summed E-state index contributed by atoms with van der Waals surface area (Å²) in [6.07, 6.45) is 4.12. The Hall–Kier alpha value is -0.660. The molecule has 7 heteroatoms. The molecule has 1 amide bonds. The number of carbonyl (C=O) groups excluding carboxylic acids is 1. The molecule has 0 saturated carbocycles. The van der Waals surface area contributed by atoms with Crippen LogP contribution < -0.4 is 5.73 Å². The topological polar surface area (TPSA) is 83.6 Å². The zero-order valence-corrected chi connectivity index (χ0v) is 11.3. The Labute approximate surface area is 107 Å². The van der Waals surface area contributed by atoms with E-state index in [0.29, 0.717) is 5.75 Å². The molecular formula is C10H15N2O3S2+. The lowest BCUT2D eigenvalue weighted by molar-refractivity contribution is -0.147. The predicted octanol–water partition coefficient (Wildman–Crippen LogP) is -0.555. The number of nitrogens with two attached hydrogens (primary N) is 1. The number of rotatable bonds is 3. The number of carboxylic acid groups (broad SMARTS) is 1. The molecule has 0 aromatic rings. The highest BCUT2D eigenvalue weighted by atomic mass is 32.2. The van der Waals surface area contributed by atoms with Crippen LogP contribution in [0.1, 0.15) is 0 Å². The highest BCUT2D eigenvalue weighted by Crippen LogP contribution is 2.39. The fraction of sp³-hybridized carbons (Fsp3) is 0.600. The molecule has 2 aliphatic rings. The number of fused-ring (bicyclic) bond motifs is 1. The van der Waals surface area contributed by atoms with Crippen molar-refractivity contribution in [2.75, 3.05) is 24.0 Å². The third kappa shape index (κ3) is 2.07. The summed E-state index contributed by atoms with van der Waals surface area (Å²) >= 11 is 1.56. The Kier molecular flexibility index (Phi) is 3.42. The van der Waals surface area contributed by atoms with Gasteiger partial charge in [0.25, 0.3) is 0 Å². The molecule has 2 aliphatic heterocycles. The zero-order chi connectivity index (χ0) is 12.7. The predicted molar refractivity (Wildman–Crippen MR) is 69.8 cm³/mol. The number of amides is 1. The van der Waals surface area contributed by atoms with E-state index in [2.05, 4.69) is 12.5 Å². The van der Waals surface area contributed by atoms with Crippen LogP contribution in [0.3, 0.4) is 0 Å². The van der Waals surface area contributed by atoms with Crippen LogP contribution in [-0.2, 0) is 20.5 Å². The molecule has 0 aliphatic carbocycles. The molecule has 3 N–H and O–H groups in total. The van der Waals surface area contributed by atoms with E-state index in [1.165, 1.54) is 4.90 Å². The molecule has 2 unspecified atom stereocenters. The maximum Gasteiger partial charge on any atom is 0.352 e. The van der Waals surface area contributed by atoms with Gasteiger partial charge in [-0.15, -0.1) is 11.8 Å². The molecule has 2 atom stereocenters. The molecule has 17 heavy (non-hydrogen) atoms. The number of β-lactam (4-membered cyclic amide) rings is 1. The van der Waals surface area contributed by atoms with Gasteiger partial charge in [-0.2, -0.15) is 0 Å². The van der Waals surface area contributed by atoms with Crippen LogP contribution in [-0.4, -0.2) is 57.3 Å². The molecule has 0 spiro atoms. The molecule has 1 saturated heterocycles. The van der Waals surface area contributed by atoms with Gasteiger partial charge < -0.3 is 10.8 Å². The minimum atomic E-state index is -1.02. The number of carboxylic acids is 1. The van der Waals surface area contributed by atoms with Crippen molar-refractivity contribution >= 4 is 34.5 Å². The number of hydrogen-bond donors (Lipinski definition) is 2. The van der Waals surface area contributed by atoms with Crippen LogP contribution in [0.25, 0.3) is 0 Å². The highest BCUT2D eigenvalue weighted by molar-refractivity contribution is 8.00. The smallest absolute Gasteiger partial charge is 0.352 e. The first kappa shape index (κ1) is 12.8. The van der Waals surface area contributed by atoms with E-state index in [1.807, 2.05) is 0 Å². The van der Waals surface area contributed by atoms with Crippen molar-refractivity contribution in [2.45, 2.75) is 11.4 Å². The summed E-state index contributed by atoms with van der Waals surface area (Å²) in [5, 5.41) is 9.06. The van der Waals surface area contributed by atoms with Crippen molar-refractivity contribution in [3.05, 3.63) is 11.3 Å². The first-order valence-electron chi connectivity index (χ1n) is 5.13. The van der Waals surface area contributed by atoms with Crippen molar-refractivity contribution in [1.29, 1.82) is 0 Å². The van der Waals surface area contributed by atoms with E-state index in [1.54, 1.807) is 11.8 Å².